The second-order valence-electron chi connectivity index (χ2n) is 3.08. The zero-order chi connectivity index (χ0) is 14.1. The zero-order valence-electron chi connectivity index (χ0n) is 8.31. The Labute approximate surface area is 102 Å². The number of rotatable bonds is 2. The Bertz CT molecular complexity index is 515. The number of aromatic carboxylic acids is 1. The molecule has 0 atom stereocenters. The van der Waals surface area contributed by atoms with Crippen molar-refractivity contribution in [2.75, 3.05) is 5.32 Å². The molecule has 0 unspecified atom stereocenters. The minimum Gasteiger partial charge on any atom is -0.478 e. The lowest BCUT2D eigenvalue weighted by Gasteiger charge is -2.09. The molecule has 0 bridgehead atoms. The summed E-state index contributed by atoms with van der Waals surface area (Å²) in [6.45, 7) is 0. The largest absolute Gasteiger partial charge is 0.478 e. The Kier molecular flexibility index (Phi) is 3.80. The van der Waals surface area contributed by atoms with E-state index < -0.39 is 40.1 Å². The van der Waals surface area contributed by atoms with Gasteiger partial charge in [-0.1, -0.05) is 11.6 Å². The van der Waals surface area contributed by atoms with E-state index in [0.717, 1.165) is 0 Å². The van der Waals surface area contributed by atoms with Crippen LogP contribution in [0.4, 0.5) is 23.2 Å². The summed E-state index contributed by atoms with van der Waals surface area (Å²) in [4.78, 5) is 21.2. The average molecular weight is 286 g/mol. The molecular weight excluding hydrogens is 282 g/mol. The monoisotopic (exact) mass is 285 g/mol. The molecule has 0 heterocycles. The number of alkyl halides is 3. The zero-order valence-corrected chi connectivity index (χ0v) is 9.06. The Morgan fingerprint density at radius 2 is 1.83 bits per heavy atom. The Morgan fingerprint density at radius 1 is 1.28 bits per heavy atom. The first-order chi connectivity index (χ1) is 8.12. The number of carbonyl (C=O) groups excluding carboxylic acids is 1. The maximum atomic E-state index is 13.1. The minimum atomic E-state index is -5.17. The highest BCUT2D eigenvalue weighted by atomic mass is 35.5. The van der Waals surface area contributed by atoms with Gasteiger partial charge in [0.05, 0.1) is 10.6 Å². The molecule has 0 aliphatic heterocycles. The van der Waals surface area contributed by atoms with Gasteiger partial charge in [-0.2, -0.15) is 13.2 Å². The van der Waals surface area contributed by atoms with Gasteiger partial charge in [-0.15, -0.1) is 0 Å². The standard InChI is InChI=1S/C9H4ClF4NO3/c10-6-4(7(16)17)1-3(2-5(6)11)15-8(18)9(12,13)14/h1-2H,(H,15,18)(H,16,17). The van der Waals surface area contributed by atoms with Crippen LogP contribution in [-0.2, 0) is 4.79 Å². The van der Waals surface area contributed by atoms with Gasteiger partial charge in [0.1, 0.15) is 5.82 Å². The SMILES string of the molecule is O=C(O)c1cc(NC(=O)C(F)(F)F)cc(F)c1Cl. The topological polar surface area (TPSA) is 66.4 Å². The molecule has 0 aromatic heterocycles. The van der Waals surface area contributed by atoms with Crippen LogP contribution in [-0.4, -0.2) is 23.2 Å². The highest BCUT2D eigenvalue weighted by Crippen LogP contribution is 2.26. The molecule has 1 amide bonds. The van der Waals surface area contributed by atoms with Crippen LogP contribution in [0, 0.1) is 5.82 Å². The highest BCUT2D eigenvalue weighted by Gasteiger charge is 2.38. The van der Waals surface area contributed by atoms with Crippen LogP contribution < -0.4 is 5.32 Å². The van der Waals surface area contributed by atoms with Crippen LogP contribution in [0.1, 0.15) is 10.4 Å². The van der Waals surface area contributed by atoms with Crippen LogP contribution in [0.25, 0.3) is 0 Å². The molecule has 0 radical (unpaired) electrons. The number of carboxylic acid groups (broad SMARTS) is 1. The summed E-state index contributed by atoms with van der Waals surface area (Å²) in [7, 11) is 0. The molecule has 0 saturated heterocycles. The normalized spacial score (nSPS) is 11.2. The number of anilines is 1. The summed E-state index contributed by atoms with van der Waals surface area (Å²) >= 11 is 5.30. The van der Waals surface area contributed by atoms with Gasteiger partial charge in [0.25, 0.3) is 0 Å². The van der Waals surface area contributed by atoms with Crippen LogP contribution in [0.5, 0.6) is 0 Å². The van der Waals surface area contributed by atoms with Crippen molar-refractivity contribution in [1.29, 1.82) is 0 Å². The van der Waals surface area contributed by atoms with E-state index in [1.54, 1.807) is 0 Å². The fourth-order valence-electron chi connectivity index (χ4n) is 1.02. The van der Waals surface area contributed by atoms with Gasteiger partial charge in [0, 0.05) is 5.69 Å². The van der Waals surface area contributed by atoms with Gasteiger partial charge in [-0.05, 0) is 12.1 Å². The molecule has 2 N–H and O–H groups in total. The Morgan fingerprint density at radius 3 is 2.28 bits per heavy atom. The number of nitrogens with one attached hydrogen (secondary N) is 1. The molecule has 1 rings (SSSR count). The van der Waals surface area contributed by atoms with E-state index in [1.165, 1.54) is 5.32 Å². The lowest BCUT2D eigenvalue weighted by molar-refractivity contribution is -0.167. The number of benzene rings is 1. The molecule has 0 aliphatic rings. The van der Waals surface area contributed by atoms with Crippen molar-refractivity contribution in [3.63, 3.8) is 0 Å². The van der Waals surface area contributed by atoms with E-state index in [2.05, 4.69) is 0 Å². The molecule has 0 spiro atoms. The summed E-state index contributed by atoms with van der Waals surface area (Å²) in [5.41, 5.74) is -1.41. The average Bonchev–Trinajstić information content (AvgIpc) is 2.21. The Hall–Kier alpha value is -1.83. The van der Waals surface area contributed by atoms with Crippen molar-refractivity contribution >= 4 is 29.2 Å². The number of halogens is 5. The second-order valence-corrected chi connectivity index (χ2v) is 3.45. The molecule has 0 aliphatic carbocycles. The van der Waals surface area contributed by atoms with Crippen molar-refractivity contribution in [1.82, 2.24) is 0 Å². The van der Waals surface area contributed by atoms with E-state index >= 15 is 0 Å². The molecule has 1 aromatic rings. The first-order valence-corrected chi connectivity index (χ1v) is 4.61. The molecule has 9 heteroatoms. The van der Waals surface area contributed by atoms with Gasteiger partial charge >= 0.3 is 18.1 Å². The quantitative estimate of drug-likeness (QED) is 0.821. The smallest absolute Gasteiger partial charge is 0.471 e. The maximum absolute atomic E-state index is 13.1. The van der Waals surface area contributed by atoms with E-state index in [9.17, 15) is 27.2 Å². The lowest BCUT2D eigenvalue weighted by Crippen LogP contribution is -2.30. The highest BCUT2D eigenvalue weighted by molar-refractivity contribution is 6.33. The summed E-state index contributed by atoms with van der Waals surface area (Å²) in [5.74, 6) is -5.24. The van der Waals surface area contributed by atoms with Gasteiger partial charge in [-0.3, -0.25) is 4.79 Å². The second kappa shape index (κ2) is 4.81. The molecule has 0 saturated carbocycles. The van der Waals surface area contributed by atoms with Gasteiger partial charge in [-0.25, -0.2) is 9.18 Å². The summed E-state index contributed by atoms with van der Waals surface area (Å²) in [5, 5.41) is 9.18. The van der Waals surface area contributed by atoms with E-state index in [4.69, 9.17) is 16.7 Å². The number of hydrogen-bond donors (Lipinski definition) is 2. The number of amides is 1. The van der Waals surface area contributed by atoms with Crippen molar-refractivity contribution in [3.8, 4) is 0 Å². The summed E-state index contributed by atoms with van der Waals surface area (Å²) < 4.78 is 48.9. The van der Waals surface area contributed by atoms with E-state index in [1.807, 2.05) is 0 Å². The number of carbonyl (C=O) groups is 2. The third-order valence-electron chi connectivity index (χ3n) is 1.77. The molecule has 0 fully saturated rings. The fourth-order valence-corrected chi connectivity index (χ4v) is 1.21. The Balaban J connectivity index is 3.13. The number of carboxylic acids is 1. The molecular formula is C9H4ClF4NO3. The summed E-state index contributed by atoms with van der Waals surface area (Å²) in [6.07, 6.45) is -5.17. The maximum Gasteiger partial charge on any atom is 0.471 e. The molecule has 18 heavy (non-hydrogen) atoms. The molecule has 1 aromatic carbocycles. The van der Waals surface area contributed by atoms with E-state index in [-0.39, 0.29) is 0 Å². The van der Waals surface area contributed by atoms with Crippen molar-refractivity contribution in [2.24, 2.45) is 0 Å². The van der Waals surface area contributed by atoms with E-state index in [0.29, 0.717) is 12.1 Å². The van der Waals surface area contributed by atoms with Crippen molar-refractivity contribution in [2.45, 2.75) is 6.18 Å². The van der Waals surface area contributed by atoms with Gasteiger partial charge in [0.2, 0.25) is 0 Å². The van der Waals surface area contributed by atoms with Crippen LogP contribution in [0.3, 0.4) is 0 Å². The summed E-state index contributed by atoms with van der Waals surface area (Å²) in [6, 6.07) is 1.11. The van der Waals surface area contributed by atoms with Gasteiger partial charge < -0.3 is 10.4 Å². The van der Waals surface area contributed by atoms with Crippen LogP contribution in [0.2, 0.25) is 5.02 Å². The third kappa shape index (κ3) is 3.10. The van der Waals surface area contributed by atoms with Crippen LogP contribution in [0.15, 0.2) is 12.1 Å². The lowest BCUT2D eigenvalue weighted by atomic mass is 10.2. The van der Waals surface area contributed by atoms with Crippen LogP contribution >= 0.6 is 11.6 Å². The van der Waals surface area contributed by atoms with Crippen molar-refractivity contribution < 1.29 is 32.3 Å². The first kappa shape index (κ1) is 14.2. The predicted molar refractivity (Wildman–Crippen MR) is 53.1 cm³/mol. The molecule has 4 nitrogen and oxygen atoms in total. The number of hydrogen-bond acceptors (Lipinski definition) is 2. The third-order valence-corrected chi connectivity index (χ3v) is 2.16. The predicted octanol–water partition coefficient (Wildman–Crippen LogP) is 2.68. The first-order valence-electron chi connectivity index (χ1n) is 4.23. The molecule has 98 valence electrons. The van der Waals surface area contributed by atoms with Gasteiger partial charge in [0.15, 0.2) is 0 Å². The van der Waals surface area contributed by atoms with Crippen molar-refractivity contribution in [3.05, 3.63) is 28.5 Å². The minimum absolute atomic E-state index is 0.485. The fraction of sp³-hybridized carbons (Fsp3) is 0.111.